The molecule has 1 heterocycles. The molecule has 0 aromatic heterocycles. The summed E-state index contributed by atoms with van der Waals surface area (Å²) in [5, 5.41) is 14.1. The largest absolute Gasteiger partial charge is 0.466 e. The maximum atomic E-state index is 12.5. The molecule has 0 radical (unpaired) electrons. The number of hydrogen-bond donors (Lipinski definition) is 1. The minimum atomic E-state index is -0.831. The van der Waals surface area contributed by atoms with Gasteiger partial charge in [0.1, 0.15) is 0 Å². The molecule has 0 aliphatic carbocycles. The first kappa shape index (κ1) is 25.4. The lowest BCUT2D eigenvalue weighted by molar-refractivity contribution is -0.384. The van der Waals surface area contributed by atoms with Crippen molar-refractivity contribution in [1.82, 2.24) is 5.32 Å². The molecular formula is C18H22Cl2N2O6. The molecule has 1 atom stereocenters. The van der Waals surface area contributed by atoms with Crippen LogP contribution in [0.4, 0.5) is 5.69 Å². The number of carbonyl (C=O) groups is 2. The van der Waals surface area contributed by atoms with Crippen LogP contribution in [-0.4, -0.2) is 30.6 Å². The summed E-state index contributed by atoms with van der Waals surface area (Å²) < 4.78 is 10.0. The number of carbonyl (C=O) groups excluding carboxylic acids is 2. The highest BCUT2D eigenvalue weighted by atomic mass is 35.5. The molecule has 0 spiro atoms. The Morgan fingerprint density at radius 1 is 1.14 bits per heavy atom. The highest BCUT2D eigenvalue weighted by Crippen LogP contribution is 2.40. The number of nitro groups is 1. The SMILES string of the molecule is CCOC(=O)C1=C(C)NC(C)=C(C(=O)OC)C1c1cccc([N+](=O)[O-])c1.Cl.Cl. The number of ether oxygens (including phenoxy) is 2. The summed E-state index contributed by atoms with van der Waals surface area (Å²) in [5.41, 5.74) is 1.76. The maximum Gasteiger partial charge on any atom is 0.336 e. The van der Waals surface area contributed by atoms with Crippen LogP contribution in [0.3, 0.4) is 0 Å². The van der Waals surface area contributed by atoms with E-state index < -0.39 is 22.8 Å². The first-order valence-electron chi connectivity index (χ1n) is 8.00. The number of hydrogen-bond acceptors (Lipinski definition) is 7. The van der Waals surface area contributed by atoms with Gasteiger partial charge in [0.25, 0.3) is 5.69 Å². The fourth-order valence-electron chi connectivity index (χ4n) is 3.01. The average Bonchev–Trinajstić information content (AvgIpc) is 2.60. The number of dihydropyridines is 1. The molecule has 1 aromatic rings. The van der Waals surface area contributed by atoms with Crippen molar-refractivity contribution in [3.63, 3.8) is 0 Å². The van der Waals surface area contributed by atoms with E-state index in [1.165, 1.54) is 25.3 Å². The lowest BCUT2D eigenvalue weighted by Gasteiger charge is -2.30. The molecule has 1 aliphatic rings. The van der Waals surface area contributed by atoms with Crippen LogP contribution in [0.2, 0.25) is 0 Å². The van der Waals surface area contributed by atoms with Crippen LogP contribution < -0.4 is 5.32 Å². The third-order valence-corrected chi connectivity index (χ3v) is 4.08. The van der Waals surface area contributed by atoms with Gasteiger partial charge in [0.15, 0.2) is 0 Å². The topological polar surface area (TPSA) is 108 Å². The van der Waals surface area contributed by atoms with Crippen LogP contribution >= 0.6 is 24.8 Å². The van der Waals surface area contributed by atoms with Crippen molar-refractivity contribution in [2.24, 2.45) is 0 Å². The minimum absolute atomic E-state index is 0. The number of benzene rings is 1. The van der Waals surface area contributed by atoms with E-state index in [-0.39, 0.29) is 48.3 Å². The highest BCUT2D eigenvalue weighted by molar-refractivity contribution is 5.99. The first-order chi connectivity index (χ1) is 12.3. The van der Waals surface area contributed by atoms with Gasteiger partial charge in [-0.3, -0.25) is 10.1 Å². The van der Waals surface area contributed by atoms with E-state index in [2.05, 4.69) is 5.32 Å². The van der Waals surface area contributed by atoms with Crippen molar-refractivity contribution in [3.8, 4) is 0 Å². The molecule has 0 saturated heterocycles. The van der Waals surface area contributed by atoms with Gasteiger partial charge in [0.05, 0.1) is 35.7 Å². The molecule has 28 heavy (non-hydrogen) atoms. The van der Waals surface area contributed by atoms with Gasteiger partial charge >= 0.3 is 11.9 Å². The molecule has 0 saturated carbocycles. The molecule has 0 fully saturated rings. The quantitative estimate of drug-likeness (QED) is 0.431. The Morgan fingerprint density at radius 2 is 1.71 bits per heavy atom. The summed E-state index contributed by atoms with van der Waals surface area (Å²) in [6.07, 6.45) is 0. The smallest absolute Gasteiger partial charge is 0.336 e. The lowest BCUT2D eigenvalue weighted by atomic mass is 9.80. The minimum Gasteiger partial charge on any atom is -0.466 e. The predicted octanol–water partition coefficient (Wildman–Crippen LogP) is 3.41. The first-order valence-corrected chi connectivity index (χ1v) is 8.00. The number of methoxy groups -OCH3 is 1. The Hall–Kier alpha value is -2.58. The van der Waals surface area contributed by atoms with E-state index in [1.54, 1.807) is 26.8 Å². The second-order valence-electron chi connectivity index (χ2n) is 5.70. The normalized spacial score (nSPS) is 15.6. The Morgan fingerprint density at radius 3 is 2.21 bits per heavy atom. The Balaban J connectivity index is 0.00000364. The van der Waals surface area contributed by atoms with Crippen molar-refractivity contribution in [2.45, 2.75) is 26.7 Å². The number of non-ortho nitro benzene ring substituents is 1. The van der Waals surface area contributed by atoms with Gasteiger partial charge in [0.2, 0.25) is 0 Å². The molecule has 0 bridgehead atoms. The second kappa shape index (κ2) is 10.7. The van der Waals surface area contributed by atoms with Crippen molar-refractivity contribution in [2.75, 3.05) is 13.7 Å². The zero-order valence-corrected chi connectivity index (χ0v) is 17.4. The van der Waals surface area contributed by atoms with E-state index in [1.807, 2.05) is 0 Å². The molecule has 1 unspecified atom stereocenters. The Labute approximate surface area is 174 Å². The Kier molecular flexibility index (Phi) is 9.69. The monoisotopic (exact) mass is 432 g/mol. The maximum absolute atomic E-state index is 12.5. The van der Waals surface area contributed by atoms with Crippen LogP contribution in [0.15, 0.2) is 46.8 Å². The van der Waals surface area contributed by atoms with Gasteiger partial charge in [-0.2, -0.15) is 0 Å². The van der Waals surface area contributed by atoms with E-state index in [4.69, 9.17) is 9.47 Å². The number of nitrogens with zero attached hydrogens (tertiary/aromatic N) is 1. The van der Waals surface area contributed by atoms with Crippen LogP contribution in [0.5, 0.6) is 0 Å². The number of nitro benzene ring substituents is 1. The van der Waals surface area contributed by atoms with E-state index >= 15 is 0 Å². The van der Waals surface area contributed by atoms with Gasteiger partial charge < -0.3 is 14.8 Å². The standard InChI is InChI=1S/C18H20N2O6.2ClH/c1-5-26-18(22)15-11(3)19-10(2)14(17(21)25-4)16(15)12-7-6-8-13(9-12)20(23)24;;/h6-9,16,19H,5H2,1-4H3;2*1H. The number of rotatable bonds is 5. The molecule has 1 aromatic carbocycles. The summed E-state index contributed by atoms with van der Waals surface area (Å²) in [5.74, 6) is -2.05. The summed E-state index contributed by atoms with van der Waals surface area (Å²) in [6, 6.07) is 5.84. The molecule has 154 valence electrons. The third kappa shape index (κ3) is 5.02. The summed E-state index contributed by atoms with van der Waals surface area (Å²) in [6.45, 7) is 5.21. The fourth-order valence-corrected chi connectivity index (χ4v) is 3.01. The molecule has 1 N–H and O–H groups in total. The molecule has 0 amide bonds. The van der Waals surface area contributed by atoms with Gasteiger partial charge in [-0.1, -0.05) is 12.1 Å². The number of halogens is 2. The summed E-state index contributed by atoms with van der Waals surface area (Å²) >= 11 is 0. The van der Waals surface area contributed by atoms with Crippen LogP contribution in [0, 0.1) is 10.1 Å². The Bertz CT molecular complexity index is 835. The average molecular weight is 433 g/mol. The van der Waals surface area contributed by atoms with E-state index in [0.29, 0.717) is 17.0 Å². The summed E-state index contributed by atoms with van der Waals surface area (Å²) in [4.78, 5) is 35.5. The lowest BCUT2D eigenvalue weighted by Crippen LogP contribution is -2.32. The molecule has 8 nitrogen and oxygen atoms in total. The van der Waals surface area contributed by atoms with Gasteiger partial charge in [-0.15, -0.1) is 24.8 Å². The van der Waals surface area contributed by atoms with Gasteiger partial charge in [-0.25, -0.2) is 9.59 Å². The van der Waals surface area contributed by atoms with Gasteiger partial charge in [0, 0.05) is 23.5 Å². The van der Waals surface area contributed by atoms with Crippen molar-refractivity contribution in [1.29, 1.82) is 0 Å². The highest BCUT2D eigenvalue weighted by Gasteiger charge is 2.38. The predicted molar refractivity (Wildman–Crippen MR) is 108 cm³/mol. The van der Waals surface area contributed by atoms with Crippen LogP contribution in [0.1, 0.15) is 32.3 Å². The number of esters is 2. The third-order valence-electron chi connectivity index (χ3n) is 4.08. The van der Waals surface area contributed by atoms with Crippen LogP contribution in [0.25, 0.3) is 0 Å². The van der Waals surface area contributed by atoms with E-state index in [0.717, 1.165) is 0 Å². The zero-order chi connectivity index (χ0) is 19.4. The van der Waals surface area contributed by atoms with Crippen molar-refractivity contribution < 1.29 is 24.0 Å². The van der Waals surface area contributed by atoms with Crippen molar-refractivity contribution >= 4 is 42.4 Å². The molecule has 10 heteroatoms. The fraction of sp³-hybridized carbons (Fsp3) is 0.333. The molecule has 1 aliphatic heterocycles. The molecular weight excluding hydrogens is 411 g/mol. The van der Waals surface area contributed by atoms with Crippen LogP contribution in [-0.2, 0) is 19.1 Å². The number of nitrogens with one attached hydrogen (secondary N) is 1. The summed E-state index contributed by atoms with van der Waals surface area (Å²) in [7, 11) is 1.24. The van der Waals surface area contributed by atoms with Gasteiger partial charge in [-0.05, 0) is 26.3 Å². The van der Waals surface area contributed by atoms with E-state index in [9.17, 15) is 19.7 Å². The number of allylic oxidation sites excluding steroid dienone is 2. The van der Waals surface area contributed by atoms with Crippen molar-refractivity contribution in [3.05, 3.63) is 62.5 Å². The molecule has 2 rings (SSSR count). The zero-order valence-electron chi connectivity index (χ0n) is 15.8. The second-order valence-corrected chi connectivity index (χ2v) is 5.70.